The van der Waals surface area contributed by atoms with E-state index in [2.05, 4.69) is 38.2 Å². The van der Waals surface area contributed by atoms with Gasteiger partial charge in [0, 0.05) is 17.8 Å². The smallest absolute Gasteiger partial charge is 0.0471 e. The summed E-state index contributed by atoms with van der Waals surface area (Å²) in [7, 11) is 0. The molecule has 0 unspecified atom stereocenters. The minimum atomic E-state index is 0.0957. The van der Waals surface area contributed by atoms with E-state index in [-0.39, 0.29) is 12.1 Å². The second kappa shape index (κ2) is 4.47. The number of aliphatic hydroxyl groups is 1. The Morgan fingerprint density at radius 3 is 2.14 bits per heavy atom. The highest BCUT2D eigenvalue weighted by Crippen LogP contribution is 2.15. The Labute approximate surface area is 86.0 Å². The predicted octanol–water partition coefficient (Wildman–Crippen LogP) is 2.43. The monoisotopic (exact) mass is 193 g/mol. The second-order valence-electron chi connectivity index (χ2n) is 4.55. The molecule has 2 N–H and O–H groups in total. The number of anilines is 1. The van der Waals surface area contributed by atoms with Gasteiger partial charge in [-0.15, -0.1) is 0 Å². The van der Waals surface area contributed by atoms with Crippen LogP contribution in [0, 0.1) is 0 Å². The molecule has 2 nitrogen and oxygen atoms in total. The van der Waals surface area contributed by atoms with Gasteiger partial charge in [-0.25, -0.2) is 0 Å². The number of benzene rings is 1. The summed E-state index contributed by atoms with van der Waals surface area (Å²) >= 11 is 0. The Balaban J connectivity index is 2.64. The first-order chi connectivity index (χ1) is 6.51. The maximum absolute atomic E-state index is 8.76. The average Bonchev–Trinajstić information content (AvgIpc) is 2.06. The van der Waals surface area contributed by atoms with Crippen LogP contribution in [0.5, 0.6) is 0 Å². The Morgan fingerprint density at radius 1 is 1.14 bits per heavy atom. The molecule has 1 aromatic carbocycles. The van der Waals surface area contributed by atoms with Crippen LogP contribution in [0.4, 0.5) is 5.69 Å². The van der Waals surface area contributed by atoms with E-state index >= 15 is 0 Å². The van der Waals surface area contributed by atoms with Crippen molar-refractivity contribution in [1.82, 2.24) is 0 Å². The highest BCUT2D eigenvalue weighted by atomic mass is 16.2. The van der Waals surface area contributed by atoms with Gasteiger partial charge in [0.15, 0.2) is 0 Å². The molecule has 1 rings (SSSR count). The fourth-order valence-corrected chi connectivity index (χ4v) is 1.32. The van der Waals surface area contributed by atoms with Crippen LogP contribution in [-0.2, 0) is 6.42 Å². The maximum atomic E-state index is 8.76. The molecule has 0 radical (unpaired) electrons. The minimum absolute atomic E-state index is 0.0957. The molecule has 0 saturated heterocycles. The molecule has 0 atom stereocenters. The molecular weight excluding hydrogens is 174 g/mol. The summed E-state index contributed by atoms with van der Waals surface area (Å²) in [5.74, 6) is 0. The van der Waals surface area contributed by atoms with Crippen LogP contribution in [0.2, 0.25) is 0 Å². The van der Waals surface area contributed by atoms with Gasteiger partial charge in [-0.1, -0.05) is 12.1 Å². The maximum Gasteiger partial charge on any atom is 0.0471 e. The van der Waals surface area contributed by atoms with E-state index in [4.69, 9.17) is 5.11 Å². The van der Waals surface area contributed by atoms with Crippen molar-refractivity contribution in [1.29, 1.82) is 0 Å². The van der Waals surface area contributed by atoms with Crippen LogP contribution in [0.3, 0.4) is 0 Å². The largest absolute Gasteiger partial charge is 0.396 e. The van der Waals surface area contributed by atoms with Crippen LogP contribution < -0.4 is 5.32 Å². The molecule has 0 aromatic heterocycles. The van der Waals surface area contributed by atoms with E-state index < -0.39 is 0 Å². The van der Waals surface area contributed by atoms with E-state index in [1.807, 2.05) is 12.1 Å². The Bertz CT molecular complexity index is 271. The molecule has 1 aromatic rings. The van der Waals surface area contributed by atoms with E-state index in [0.717, 1.165) is 12.1 Å². The average molecular weight is 193 g/mol. The number of aliphatic hydroxyl groups excluding tert-OH is 1. The first kappa shape index (κ1) is 11.1. The summed E-state index contributed by atoms with van der Waals surface area (Å²) in [5.41, 5.74) is 2.39. The van der Waals surface area contributed by atoms with Crippen molar-refractivity contribution in [2.75, 3.05) is 11.9 Å². The molecule has 0 heterocycles. The molecule has 0 aliphatic heterocycles. The van der Waals surface area contributed by atoms with E-state index in [0.29, 0.717) is 0 Å². The minimum Gasteiger partial charge on any atom is -0.396 e. The molecule has 78 valence electrons. The zero-order chi connectivity index (χ0) is 10.6. The Hall–Kier alpha value is -1.02. The van der Waals surface area contributed by atoms with E-state index in [1.165, 1.54) is 5.56 Å². The Morgan fingerprint density at radius 2 is 1.71 bits per heavy atom. The topological polar surface area (TPSA) is 32.3 Å². The number of nitrogens with one attached hydrogen (secondary N) is 1. The van der Waals surface area contributed by atoms with Gasteiger partial charge in [0.2, 0.25) is 0 Å². The molecule has 0 bridgehead atoms. The fraction of sp³-hybridized carbons (Fsp3) is 0.500. The molecule has 2 heteroatoms. The van der Waals surface area contributed by atoms with E-state index in [1.54, 1.807) is 0 Å². The lowest BCUT2D eigenvalue weighted by atomic mass is 10.1. The number of hydrogen-bond acceptors (Lipinski definition) is 2. The third kappa shape index (κ3) is 3.79. The number of hydrogen-bond donors (Lipinski definition) is 2. The second-order valence-corrected chi connectivity index (χ2v) is 4.55. The van der Waals surface area contributed by atoms with Gasteiger partial charge >= 0.3 is 0 Å². The third-order valence-electron chi connectivity index (χ3n) is 1.87. The van der Waals surface area contributed by atoms with Crippen molar-refractivity contribution in [3.63, 3.8) is 0 Å². The molecule has 14 heavy (non-hydrogen) atoms. The Kier molecular flexibility index (Phi) is 3.53. The standard InChI is InChI=1S/C12H19NO/c1-12(2,3)13-11-6-4-10(5-7-11)8-9-14/h4-7,13-14H,8-9H2,1-3H3. The van der Waals surface area contributed by atoms with Crippen molar-refractivity contribution in [2.24, 2.45) is 0 Å². The van der Waals surface area contributed by atoms with Crippen molar-refractivity contribution in [2.45, 2.75) is 32.7 Å². The summed E-state index contributed by atoms with van der Waals surface area (Å²) in [4.78, 5) is 0. The highest BCUT2D eigenvalue weighted by molar-refractivity contribution is 5.46. The van der Waals surface area contributed by atoms with Gasteiger partial charge in [0.05, 0.1) is 0 Å². The van der Waals surface area contributed by atoms with Gasteiger partial charge in [0.25, 0.3) is 0 Å². The van der Waals surface area contributed by atoms with Crippen molar-refractivity contribution >= 4 is 5.69 Å². The van der Waals surface area contributed by atoms with Crippen molar-refractivity contribution < 1.29 is 5.11 Å². The lowest BCUT2D eigenvalue weighted by molar-refractivity contribution is 0.299. The molecule has 0 fully saturated rings. The molecule has 0 aliphatic carbocycles. The van der Waals surface area contributed by atoms with E-state index in [9.17, 15) is 0 Å². The third-order valence-corrected chi connectivity index (χ3v) is 1.87. The van der Waals surface area contributed by atoms with Gasteiger partial charge in [-0.05, 0) is 44.9 Å². The summed E-state index contributed by atoms with van der Waals surface area (Å²) in [5, 5.41) is 12.1. The van der Waals surface area contributed by atoms with Crippen molar-refractivity contribution in [3.05, 3.63) is 29.8 Å². The summed E-state index contributed by atoms with van der Waals surface area (Å²) in [6, 6.07) is 8.20. The van der Waals surface area contributed by atoms with Crippen LogP contribution in [0.25, 0.3) is 0 Å². The summed E-state index contributed by atoms with van der Waals surface area (Å²) in [6.07, 6.45) is 0.732. The van der Waals surface area contributed by atoms with Crippen LogP contribution >= 0.6 is 0 Å². The molecule has 0 saturated carbocycles. The fourth-order valence-electron chi connectivity index (χ4n) is 1.32. The molecule has 0 amide bonds. The zero-order valence-corrected chi connectivity index (χ0v) is 9.17. The molecular formula is C12H19NO. The van der Waals surface area contributed by atoms with Gasteiger partial charge in [-0.2, -0.15) is 0 Å². The van der Waals surface area contributed by atoms with Crippen LogP contribution in [0.15, 0.2) is 24.3 Å². The highest BCUT2D eigenvalue weighted by Gasteiger charge is 2.08. The van der Waals surface area contributed by atoms with Crippen LogP contribution in [0.1, 0.15) is 26.3 Å². The van der Waals surface area contributed by atoms with Gasteiger partial charge in [-0.3, -0.25) is 0 Å². The van der Waals surface area contributed by atoms with Gasteiger partial charge < -0.3 is 10.4 Å². The zero-order valence-electron chi connectivity index (χ0n) is 9.17. The first-order valence-electron chi connectivity index (χ1n) is 4.99. The van der Waals surface area contributed by atoms with Crippen molar-refractivity contribution in [3.8, 4) is 0 Å². The lowest BCUT2D eigenvalue weighted by Crippen LogP contribution is -2.25. The SMILES string of the molecule is CC(C)(C)Nc1ccc(CCO)cc1. The predicted molar refractivity (Wildman–Crippen MR) is 60.6 cm³/mol. The summed E-state index contributed by atoms with van der Waals surface area (Å²) in [6.45, 7) is 6.62. The summed E-state index contributed by atoms with van der Waals surface area (Å²) < 4.78 is 0. The molecule has 0 spiro atoms. The quantitative estimate of drug-likeness (QED) is 0.772. The normalized spacial score (nSPS) is 11.4. The van der Waals surface area contributed by atoms with Crippen LogP contribution in [-0.4, -0.2) is 17.3 Å². The molecule has 0 aliphatic rings. The van der Waals surface area contributed by atoms with Gasteiger partial charge in [0.1, 0.15) is 0 Å². The lowest BCUT2D eigenvalue weighted by Gasteiger charge is -2.22. The first-order valence-corrected chi connectivity index (χ1v) is 4.99. The number of rotatable bonds is 3.